The molecule has 1 aromatic rings. The Kier molecular flexibility index (Phi) is 3.23. The number of amides is 2. The van der Waals surface area contributed by atoms with Crippen LogP contribution >= 0.6 is 0 Å². The predicted octanol–water partition coefficient (Wildman–Crippen LogP) is 3.04. The highest BCUT2D eigenvalue weighted by Gasteiger charge is 2.57. The van der Waals surface area contributed by atoms with Crippen LogP contribution in [0.1, 0.15) is 24.9 Å². The lowest BCUT2D eigenvalue weighted by atomic mass is 9.81. The third kappa shape index (κ3) is 1.94. The number of fused-ring (bicyclic) bond motifs is 5. The van der Waals surface area contributed by atoms with Crippen LogP contribution in [0.15, 0.2) is 53.6 Å². The van der Waals surface area contributed by atoms with E-state index in [1.165, 1.54) is 4.90 Å². The summed E-state index contributed by atoms with van der Waals surface area (Å²) >= 11 is 0. The Hall–Kier alpha value is -2.69. The Labute approximate surface area is 151 Å². The molecular formula is C21H19NO4. The van der Waals surface area contributed by atoms with Gasteiger partial charge in [-0.2, -0.15) is 0 Å². The lowest BCUT2D eigenvalue weighted by Gasteiger charge is -2.26. The molecule has 0 unspecified atom stereocenters. The Morgan fingerprint density at radius 2 is 1.77 bits per heavy atom. The fourth-order valence-corrected chi connectivity index (χ4v) is 5.21. The van der Waals surface area contributed by atoms with E-state index in [4.69, 9.17) is 4.74 Å². The van der Waals surface area contributed by atoms with Crippen molar-refractivity contribution in [2.45, 2.75) is 19.4 Å². The summed E-state index contributed by atoms with van der Waals surface area (Å²) in [5.41, 5.74) is 1.91. The largest absolute Gasteiger partial charge is 0.446 e. The first-order valence-corrected chi connectivity index (χ1v) is 9.06. The minimum absolute atomic E-state index is 0.0685. The second-order valence-corrected chi connectivity index (χ2v) is 7.58. The van der Waals surface area contributed by atoms with Crippen molar-refractivity contribution in [3.05, 3.63) is 59.2 Å². The fourth-order valence-electron chi connectivity index (χ4n) is 5.21. The quantitative estimate of drug-likeness (QED) is 0.770. The van der Waals surface area contributed by atoms with Crippen molar-refractivity contribution in [3.8, 4) is 0 Å². The topological polar surface area (TPSA) is 63.7 Å². The van der Waals surface area contributed by atoms with Crippen LogP contribution in [0.2, 0.25) is 0 Å². The lowest BCUT2D eigenvalue weighted by molar-refractivity contribution is -0.126. The number of carbonyl (C=O) groups excluding carboxylic acids is 3. The highest BCUT2D eigenvalue weighted by atomic mass is 16.6. The molecule has 5 heteroatoms. The van der Waals surface area contributed by atoms with Crippen LogP contribution in [-0.2, 0) is 14.3 Å². The van der Waals surface area contributed by atoms with E-state index in [0.717, 1.165) is 12.0 Å². The Morgan fingerprint density at radius 3 is 2.50 bits per heavy atom. The summed E-state index contributed by atoms with van der Waals surface area (Å²) in [4.78, 5) is 39.7. The van der Waals surface area contributed by atoms with Crippen molar-refractivity contribution in [2.75, 3.05) is 6.61 Å². The van der Waals surface area contributed by atoms with E-state index in [9.17, 15) is 14.4 Å². The number of Topliss-reactive ketones (excluding diaryl/α,β-unsaturated/α-hetero) is 1. The molecule has 2 bridgehead atoms. The van der Waals surface area contributed by atoms with E-state index in [1.54, 1.807) is 6.92 Å². The van der Waals surface area contributed by atoms with E-state index in [-0.39, 0.29) is 42.0 Å². The molecule has 5 rings (SSSR count). The molecular weight excluding hydrogens is 330 g/mol. The lowest BCUT2D eigenvalue weighted by Crippen LogP contribution is -2.37. The van der Waals surface area contributed by atoms with Crippen molar-refractivity contribution in [2.24, 2.45) is 23.7 Å². The average Bonchev–Trinajstić information content (AvgIpc) is 3.39. The molecule has 2 fully saturated rings. The second-order valence-electron chi connectivity index (χ2n) is 7.58. The van der Waals surface area contributed by atoms with Crippen LogP contribution in [0.4, 0.5) is 4.79 Å². The number of nitrogens with zero attached hydrogens (tertiary/aromatic N) is 1. The minimum atomic E-state index is -0.626. The number of hydrogen-bond donors (Lipinski definition) is 0. The molecule has 1 aromatic carbocycles. The Morgan fingerprint density at radius 1 is 1.08 bits per heavy atom. The van der Waals surface area contributed by atoms with Crippen molar-refractivity contribution in [3.63, 3.8) is 0 Å². The van der Waals surface area contributed by atoms with Crippen LogP contribution in [0.5, 0.6) is 0 Å². The number of imide groups is 1. The van der Waals surface area contributed by atoms with Crippen molar-refractivity contribution in [1.82, 2.24) is 4.90 Å². The summed E-state index contributed by atoms with van der Waals surface area (Å²) in [6, 6.07) is 8.97. The molecule has 5 atom stereocenters. The molecule has 4 aliphatic rings. The SMILES string of the molecule is CC1=C(C(=O)N2C(=O)OC[C@@H]2c2ccccc2)[C@@H]2[C@H](C1=O)[C@H]1C=C[C@@H]2C1. The molecule has 1 aliphatic heterocycles. The summed E-state index contributed by atoms with van der Waals surface area (Å²) in [6.45, 7) is 1.88. The maximum Gasteiger partial charge on any atom is 0.417 e. The molecule has 0 N–H and O–H groups in total. The zero-order valence-electron chi connectivity index (χ0n) is 14.4. The molecule has 132 valence electrons. The van der Waals surface area contributed by atoms with Crippen LogP contribution in [0.3, 0.4) is 0 Å². The highest BCUT2D eigenvalue weighted by Crippen LogP contribution is 2.56. The van der Waals surface area contributed by atoms with E-state index in [0.29, 0.717) is 11.1 Å². The van der Waals surface area contributed by atoms with Crippen LogP contribution < -0.4 is 0 Å². The third-order valence-corrected chi connectivity index (χ3v) is 6.38. The molecule has 1 saturated heterocycles. The van der Waals surface area contributed by atoms with E-state index >= 15 is 0 Å². The summed E-state index contributed by atoms with van der Waals surface area (Å²) in [6.07, 6.45) is 4.54. The van der Waals surface area contributed by atoms with Gasteiger partial charge in [-0.25, -0.2) is 9.69 Å². The van der Waals surface area contributed by atoms with Crippen molar-refractivity contribution in [1.29, 1.82) is 0 Å². The number of cyclic esters (lactones) is 1. The first-order chi connectivity index (χ1) is 12.6. The first kappa shape index (κ1) is 15.6. The van der Waals surface area contributed by atoms with Crippen LogP contribution in [-0.4, -0.2) is 29.3 Å². The molecule has 26 heavy (non-hydrogen) atoms. The van der Waals surface area contributed by atoms with Gasteiger partial charge in [0.1, 0.15) is 12.6 Å². The zero-order chi connectivity index (χ0) is 18.0. The van der Waals surface area contributed by atoms with Crippen molar-refractivity contribution < 1.29 is 19.1 Å². The number of rotatable bonds is 2. The summed E-state index contributed by atoms with van der Waals surface area (Å²) in [5, 5.41) is 0. The van der Waals surface area contributed by atoms with Gasteiger partial charge >= 0.3 is 6.09 Å². The molecule has 0 radical (unpaired) electrons. The van der Waals surface area contributed by atoms with Gasteiger partial charge in [-0.05, 0) is 30.7 Å². The molecule has 1 saturated carbocycles. The van der Waals surface area contributed by atoms with Gasteiger partial charge in [0.2, 0.25) is 0 Å². The van der Waals surface area contributed by atoms with Gasteiger partial charge in [0.25, 0.3) is 5.91 Å². The van der Waals surface area contributed by atoms with Gasteiger partial charge in [0.05, 0.1) is 0 Å². The number of ketones is 1. The fraction of sp³-hybridized carbons (Fsp3) is 0.381. The minimum Gasteiger partial charge on any atom is -0.446 e. The molecule has 2 amide bonds. The number of benzene rings is 1. The molecule has 1 heterocycles. The number of carbonyl (C=O) groups is 3. The second kappa shape index (κ2) is 5.40. The number of allylic oxidation sites excluding steroid dienone is 3. The normalized spacial score (nSPS) is 34.7. The Bertz CT molecular complexity index is 885. The number of hydrogen-bond acceptors (Lipinski definition) is 4. The number of ether oxygens (including phenoxy) is 1. The predicted molar refractivity (Wildman–Crippen MR) is 92.8 cm³/mol. The van der Waals surface area contributed by atoms with Gasteiger partial charge in [0, 0.05) is 23.0 Å². The highest BCUT2D eigenvalue weighted by molar-refractivity contribution is 6.14. The maximum absolute atomic E-state index is 13.4. The monoisotopic (exact) mass is 349 g/mol. The standard InChI is InChI=1S/C21H19NO4/c1-11-16(17-13-7-8-14(9-13)18(17)19(11)23)20(24)22-15(10-26-21(22)25)12-5-3-2-4-6-12/h2-8,13-15,17-18H,9-10H2,1H3/t13-,14+,15-,17-,18-/m1/s1. The van der Waals surface area contributed by atoms with E-state index < -0.39 is 12.1 Å². The van der Waals surface area contributed by atoms with Gasteiger partial charge in [-0.3, -0.25) is 9.59 Å². The zero-order valence-corrected chi connectivity index (χ0v) is 14.4. The summed E-state index contributed by atoms with van der Waals surface area (Å²) in [5.74, 6) is -0.0559. The van der Waals surface area contributed by atoms with Gasteiger partial charge in [-0.15, -0.1) is 0 Å². The smallest absolute Gasteiger partial charge is 0.417 e. The van der Waals surface area contributed by atoms with E-state index in [2.05, 4.69) is 12.2 Å². The van der Waals surface area contributed by atoms with Gasteiger partial charge in [-0.1, -0.05) is 42.5 Å². The molecule has 0 spiro atoms. The van der Waals surface area contributed by atoms with Gasteiger partial charge < -0.3 is 4.74 Å². The molecule has 3 aliphatic carbocycles. The van der Waals surface area contributed by atoms with Crippen LogP contribution in [0, 0.1) is 23.7 Å². The molecule has 5 nitrogen and oxygen atoms in total. The Balaban J connectivity index is 1.53. The van der Waals surface area contributed by atoms with Crippen LogP contribution in [0.25, 0.3) is 0 Å². The van der Waals surface area contributed by atoms with Gasteiger partial charge in [0.15, 0.2) is 5.78 Å². The summed E-state index contributed by atoms with van der Waals surface area (Å²) in [7, 11) is 0. The average molecular weight is 349 g/mol. The maximum atomic E-state index is 13.4. The molecule has 0 aromatic heterocycles. The van der Waals surface area contributed by atoms with E-state index in [1.807, 2.05) is 30.3 Å². The summed E-state index contributed by atoms with van der Waals surface area (Å²) < 4.78 is 5.19. The first-order valence-electron chi connectivity index (χ1n) is 9.06. The van der Waals surface area contributed by atoms with Crippen molar-refractivity contribution >= 4 is 17.8 Å². The third-order valence-electron chi connectivity index (χ3n) is 6.38.